The lowest BCUT2D eigenvalue weighted by atomic mass is 10.1. The van der Waals surface area contributed by atoms with Crippen LogP contribution in [0, 0.1) is 0 Å². The van der Waals surface area contributed by atoms with Crippen LogP contribution in [0.1, 0.15) is 12.6 Å². The number of benzene rings is 1. The number of nitrogens with one attached hydrogen (secondary N) is 2. The van der Waals surface area contributed by atoms with Gasteiger partial charge in [0.15, 0.2) is 0 Å². The second-order valence-corrected chi connectivity index (χ2v) is 3.95. The molecule has 1 heterocycles. The average Bonchev–Trinajstić information content (AvgIpc) is 2.85. The first-order chi connectivity index (χ1) is 8.31. The van der Waals surface area contributed by atoms with Gasteiger partial charge in [0.2, 0.25) is 0 Å². The van der Waals surface area contributed by atoms with E-state index in [-0.39, 0.29) is 12.6 Å². The van der Waals surface area contributed by atoms with Gasteiger partial charge < -0.3 is 10.4 Å². The molecule has 5 nitrogen and oxygen atoms in total. The van der Waals surface area contributed by atoms with Gasteiger partial charge in [-0.2, -0.15) is 15.4 Å². The van der Waals surface area contributed by atoms with Gasteiger partial charge in [0.05, 0.1) is 6.61 Å². The van der Waals surface area contributed by atoms with Crippen molar-refractivity contribution < 1.29 is 5.11 Å². The fourth-order valence-corrected chi connectivity index (χ4v) is 1.54. The number of aromatic nitrogens is 3. The number of aliphatic hydroxyl groups is 1. The van der Waals surface area contributed by atoms with Gasteiger partial charge in [-0.05, 0) is 6.92 Å². The van der Waals surface area contributed by atoms with E-state index in [1.165, 1.54) is 0 Å². The number of rotatable bonds is 5. The monoisotopic (exact) mass is 232 g/mol. The van der Waals surface area contributed by atoms with Crippen LogP contribution in [0.15, 0.2) is 30.3 Å². The van der Waals surface area contributed by atoms with Crippen LogP contribution in [0.5, 0.6) is 0 Å². The Balaban J connectivity index is 2.12. The zero-order valence-corrected chi connectivity index (χ0v) is 9.72. The maximum absolute atomic E-state index is 8.94. The topological polar surface area (TPSA) is 73.8 Å². The second kappa shape index (κ2) is 5.56. The summed E-state index contributed by atoms with van der Waals surface area (Å²) in [5.41, 5.74) is 2.74. The molecule has 0 aliphatic heterocycles. The van der Waals surface area contributed by atoms with Crippen molar-refractivity contribution in [3.05, 3.63) is 36.0 Å². The molecule has 0 aliphatic carbocycles. The lowest BCUT2D eigenvalue weighted by molar-refractivity contribution is 0.250. The molecular weight excluding hydrogens is 216 g/mol. The SMILES string of the molecule is CC(CO)NCc1n[nH]nc1-c1ccccc1. The van der Waals surface area contributed by atoms with Crippen molar-refractivity contribution in [3.63, 3.8) is 0 Å². The maximum atomic E-state index is 8.94. The minimum Gasteiger partial charge on any atom is -0.395 e. The van der Waals surface area contributed by atoms with Crippen molar-refractivity contribution in [1.82, 2.24) is 20.7 Å². The molecule has 1 aromatic heterocycles. The Bertz CT molecular complexity index is 455. The van der Waals surface area contributed by atoms with Crippen molar-refractivity contribution in [2.45, 2.75) is 19.5 Å². The third-order valence-electron chi connectivity index (χ3n) is 2.56. The molecule has 2 aromatic rings. The largest absolute Gasteiger partial charge is 0.395 e. The predicted molar refractivity (Wildman–Crippen MR) is 65.2 cm³/mol. The van der Waals surface area contributed by atoms with E-state index in [9.17, 15) is 0 Å². The number of H-pyrrole nitrogens is 1. The average molecular weight is 232 g/mol. The van der Waals surface area contributed by atoms with Crippen LogP contribution >= 0.6 is 0 Å². The van der Waals surface area contributed by atoms with Crippen LogP contribution in [0.2, 0.25) is 0 Å². The fraction of sp³-hybridized carbons (Fsp3) is 0.333. The molecule has 17 heavy (non-hydrogen) atoms. The molecule has 90 valence electrons. The molecule has 0 aliphatic rings. The van der Waals surface area contributed by atoms with Gasteiger partial charge in [-0.25, -0.2) is 0 Å². The molecule has 2 rings (SSSR count). The highest BCUT2D eigenvalue weighted by Gasteiger charge is 2.10. The Labute approximate surface area is 99.9 Å². The van der Waals surface area contributed by atoms with Crippen molar-refractivity contribution in [1.29, 1.82) is 0 Å². The smallest absolute Gasteiger partial charge is 0.117 e. The first-order valence-corrected chi connectivity index (χ1v) is 5.60. The summed E-state index contributed by atoms with van der Waals surface area (Å²) in [6.45, 7) is 2.61. The third-order valence-corrected chi connectivity index (χ3v) is 2.56. The molecule has 0 saturated carbocycles. The van der Waals surface area contributed by atoms with E-state index in [4.69, 9.17) is 5.11 Å². The predicted octanol–water partition coefficient (Wildman–Crippen LogP) is 0.942. The summed E-state index contributed by atoms with van der Waals surface area (Å²) in [6.07, 6.45) is 0. The van der Waals surface area contributed by atoms with E-state index in [0.717, 1.165) is 17.0 Å². The Morgan fingerprint density at radius 1 is 1.29 bits per heavy atom. The van der Waals surface area contributed by atoms with Gasteiger partial charge in [0.25, 0.3) is 0 Å². The molecule has 3 N–H and O–H groups in total. The number of aromatic amines is 1. The van der Waals surface area contributed by atoms with Crippen LogP contribution in [-0.4, -0.2) is 33.2 Å². The normalized spacial score (nSPS) is 12.6. The highest BCUT2D eigenvalue weighted by molar-refractivity contribution is 5.60. The molecule has 0 spiro atoms. The minimum absolute atomic E-state index is 0.0512. The summed E-state index contributed by atoms with van der Waals surface area (Å²) in [5, 5.41) is 23.0. The molecule has 1 atom stereocenters. The quantitative estimate of drug-likeness (QED) is 0.717. The number of hydrogen-bond acceptors (Lipinski definition) is 4. The van der Waals surface area contributed by atoms with E-state index < -0.39 is 0 Å². The van der Waals surface area contributed by atoms with E-state index in [1.807, 2.05) is 37.3 Å². The van der Waals surface area contributed by atoms with Gasteiger partial charge in [0.1, 0.15) is 11.4 Å². The third kappa shape index (κ3) is 2.89. The molecular formula is C12H16N4O. The number of aliphatic hydroxyl groups excluding tert-OH is 1. The van der Waals surface area contributed by atoms with Gasteiger partial charge >= 0.3 is 0 Å². The van der Waals surface area contributed by atoms with Crippen LogP contribution in [0.25, 0.3) is 11.3 Å². The minimum atomic E-state index is 0.0512. The number of hydrogen-bond donors (Lipinski definition) is 3. The fourth-order valence-electron chi connectivity index (χ4n) is 1.54. The van der Waals surface area contributed by atoms with Crippen LogP contribution in [-0.2, 0) is 6.54 Å². The lowest BCUT2D eigenvalue weighted by Crippen LogP contribution is -2.28. The first kappa shape index (κ1) is 11.8. The Hall–Kier alpha value is -1.72. The first-order valence-electron chi connectivity index (χ1n) is 5.60. The van der Waals surface area contributed by atoms with Crippen molar-refractivity contribution in [2.75, 3.05) is 6.61 Å². The standard InChI is InChI=1S/C12H16N4O/c1-9(8-17)13-7-11-12(15-16-14-11)10-5-3-2-4-6-10/h2-6,9,13,17H,7-8H2,1H3,(H,14,15,16). The maximum Gasteiger partial charge on any atom is 0.117 e. The van der Waals surface area contributed by atoms with Gasteiger partial charge in [-0.15, -0.1) is 0 Å². The molecule has 0 bridgehead atoms. The molecule has 0 saturated heterocycles. The van der Waals surface area contributed by atoms with Crippen molar-refractivity contribution >= 4 is 0 Å². The highest BCUT2D eigenvalue weighted by atomic mass is 16.3. The summed E-state index contributed by atoms with van der Waals surface area (Å²) in [4.78, 5) is 0. The van der Waals surface area contributed by atoms with E-state index in [0.29, 0.717) is 6.54 Å². The molecule has 1 aromatic carbocycles. The van der Waals surface area contributed by atoms with Crippen LogP contribution < -0.4 is 5.32 Å². The van der Waals surface area contributed by atoms with E-state index in [1.54, 1.807) is 0 Å². The Morgan fingerprint density at radius 2 is 2.06 bits per heavy atom. The van der Waals surface area contributed by atoms with Crippen molar-refractivity contribution in [2.24, 2.45) is 0 Å². The summed E-state index contributed by atoms with van der Waals surface area (Å²) < 4.78 is 0. The second-order valence-electron chi connectivity index (χ2n) is 3.95. The van der Waals surface area contributed by atoms with Crippen molar-refractivity contribution in [3.8, 4) is 11.3 Å². The van der Waals surface area contributed by atoms with Crippen LogP contribution in [0.4, 0.5) is 0 Å². The van der Waals surface area contributed by atoms with E-state index >= 15 is 0 Å². The van der Waals surface area contributed by atoms with Gasteiger partial charge in [-0.3, -0.25) is 0 Å². The Morgan fingerprint density at radius 3 is 2.76 bits per heavy atom. The molecule has 1 unspecified atom stereocenters. The molecule has 5 heteroatoms. The summed E-state index contributed by atoms with van der Waals surface area (Å²) in [5.74, 6) is 0. The zero-order valence-electron chi connectivity index (χ0n) is 9.72. The van der Waals surface area contributed by atoms with Gasteiger partial charge in [0, 0.05) is 18.2 Å². The summed E-state index contributed by atoms with van der Waals surface area (Å²) in [7, 11) is 0. The summed E-state index contributed by atoms with van der Waals surface area (Å²) in [6, 6.07) is 9.95. The van der Waals surface area contributed by atoms with E-state index in [2.05, 4.69) is 20.7 Å². The molecule has 0 fully saturated rings. The van der Waals surface area contributed by atoms with Gasteiger partial charge in [-0.1, -0.05) is 30.3 Å². The molecule has 0 amide bonds. The molecule has 0 radical (unpaired) electrons. The zero-order chi connectivity index (χ0) is 12.1. The summed E-state index contributed by atoms with van der Waals surface area (Å²) >= 11 is 0. The highest BCUT2D eigenvalue weighted by Crippen LogP contribution is 2.18. The Kier molecular flexibility index (Phi) is 3.85. The number of nitrogens with zero attached hydrogens (tertiary/aromatic N) is 2. The van der Waals surface area contributed by atoms with Crippen LogP contribution in [0.3, 0.4) is 0 Å². The lowest BCUT2D eigenvalue weighted by Gasteiger charge is -2.09.